The molecular weight excluding hydrogens is 393 g/mol. The van der Waals surface area contributed by atoms with Crippen LogP contribution in [-0.4, -0.2) is 46.3 Å². The van der Waals surface area contributed by atoms with E-state index >= 15 is 0 Å². The van der Waals surface area contributed by atoms with Crippen molar-refractivity contribution in [1.29, 1.82) is 0 Å². The van der Waals surface area contributed by atoms with Gasteiger partial charge in [-0.2, -0.15) is 0 Å². The first-order chi connectivity index (χ1) is 11.6. The fourth-order valence-corrected chi connectivity index (χ4v) is 2.88. The Bertz CT molecular complexity index is 632. The molecule has 0 spiro atoms. The van der Waals surface area contributed by atoms with Crippen LogP contribution in [-0.2, 0) is 19.0 Å². The molecule has 1 saturated heterocycles. The molecule has 0 bridgehead atoms. The highest BCUT2D eigenvalue weighted by molar-refractivity contribution is 6.67. The number of benzene rings is 1. The van der Waals surface area contributed by atoms with Crippen LogP contribution in [0.15, 0.2) is 30.3 Å². The van der Waals surface area contributed by atoms with Gasteiger partial charge in [-0.3, -0.25) is 4.90 Å². The summed E-state index contributed by atoms with van der Waals surface area (Å²) in [4.78, 5) is 26.1. The minimum absolute atomic E-state index is 0.437. The van der Waals surface area contributed by atoms with Gasteiger partial charge in [-0.25, -0.2) is 9.59 Å². The molecule has 1 fully saturated rings. The maximum Gasteiger partial charge on any atom is 0.412 e. The Labute approximate surface area is 160 Å². The number of amides is 1. The summed E-state index contributed by atoms with van der Waals surface area (Å²) in [5.41, 5.74) is -0.446. The first-order valence-corrected chi connectivity index (χ1v) is 8.53. The van der Waals surface area contributed by atoms with E-state index in [4.69, 9.17) is 49.0 Å². The number of esters is 1. The highest BCUT2D eigenvalue weighted by atomic mass is 35.6. The number of methoxy groups -OCH3 is 1. The summed E-state index contributed by atoms with van der Waals surface area (Å²) in [6.07, 6.45) is -1.78. The summed E-state index contributed by atoms with van der Waals surface area (Å²) in [7, 11) is 1.25. The van der Waals surface area contributed by atoms with Crippen molar-refractivity contribution >= 4 is 46.9 Å². The number of halogens is 3. The van der Waals surface area contributed by atoms with Crippen molar-refractivity contribution in [3.05, 3.63) is 35.9 Å². The van der Waals surface area contributed by atoms with Gasteiger partial charge in [0.05, 0.1) is 7.11 Å². The van der Waals surface area contributed by atoms with Gasteiger partial charge in [0.25, 0.3) is 0 Å². The van der Waals surface area contributed by atoms with Crippen LogP contribution in [0.25, 0.3) is 0 Å². The van der Waals surface area contributed by atoms with Crippen molar-refractivity contribution in [2.24, 2.45) is 0 Å². The SMILES string of the molecule is COC(=O)C1OC(C)(C)N(C(=O)OCC(Cl)(Cl)Cl)C1c1ccccc1. The van der Waals surface area contributed by atoms with E-state index < -0.39 is 40.3 Å². The summed E-state index contributed by atoms with van der Waals surface area (Å²) in [6, 6.07) is 8.22. The molecule has 0 aliphatic carbocycles. The summed E-state index contributed by atoms with van der Waals surface area (Å²) < 4.78 is 14.0. The Kier molecular flexibility index (Phi) is 6.09. The van der Waals surface area contributed by atoms with Gasteiger partial charge in [-0.1, -0.05) is 65.1 Å². The molecule has 6 nitrogen and oxygen atoms in total. The molecule has 1 aromatic rings. The minimum atomic E-state index is -1.75. The van der Waals surface area contributed by atoms with Gasteiger partial charge in [0.2, 0.25) is 3.79 Å². The Morgan fingerprint density at radius 3 is 2.36 bits per heavy atom. The monoisotopic (exact) mass is 409 g/mol. The lowest BCUT2D eigenvalue weighted by Crippen LogP contribution is -2.46. The third-order valence-corrected chi connectivity index (χ3v) is 4.02. The lowest BCUT2D eigenvalue weighted by Gasteiger charge is -2.33. The highest BCUT2D eigenvalue weighted by Gasteiger charge is 2.54. The molecule has 1 aromatic carbocycles. The van der Waals surface area contributed by atoms with Crippen molar-refractivity contribution in [2.75, 3.05) is 13.7 Å². The third-order valence-electron chi connectivity index (χ3n) is 3.69. The lowest BCUT2D eigenvalue weighted by atomic mass is 10.0. The number of ether oxygens (including phenoxy) is 3. The van der Waals surface area contributed by atoms with E-state index in [1.54, 1.807) is 38.1 Å². The summed E-state index contributed by atoms with van der Waals surface area (Å²) in [5.74, 6) is -0.599. The Morgan fingerprint density at radius 1 is 1.24 bits per heavy atom. The van der Waals surface area contributed by atoms with Crippen molar-refractivity contribution in [3.8, 4) is 0 Å². The Hall–Kier alpha value is -1.21. The van der Waals surface area contributed by atoms with E-state index in [9.17, 15) is 9.59 Å². The van der Waals surface area contributed by atoms with Crippen molar-refractivity contribution in [2.45, 2.75) is 35.5 Å². The number of hydrogen-bond donors (Lipinski definition) is 0. The maximum absolute atomic E-state index is 12.6. The van der Waals surface area contributed by atoms with Crippen LogP contribution >= 0.6 is 34.8 Å². The van der Waals surface area contributed by atoms with E-state index in [2.05, 4.69) is 0 Å². The zero-order valence-corrected chi connectivity index (χ0v) is 16.1. The predicted octanol–water partition coefficient (Wildman–Crippen LogP) is 3.84. The fraction of sp³-hybridized carbons (Fsp3) is 0.500. The molecule has 0 radical (unpaired) electrons. The molecule has 25 heavy (non-hydrogen) atoms. The molecule has 2 rings (SSSR count). The molecule has 9 heteroatoms. The summed E-state index contributed by atoms with van der Waals surface area (Å²) in [6.45, 7) is 2.85. The quantitative estimate of drug-likeness (QED) is 0.559. The van der Waals surface area contributed by atoms with Crippen LogP contribution in [0.5, 0.6) is 0 Å². The first kappa shape index (κ1) is 20.1. The molecule has 1 aliphatic rings. The van der Waals surface area contributed by atoms with E-state index in [1.165, 1.54) is 12.0 Å². The normalized spacial score (nSPS) is 22.6. The van der Waals surface area contributed by atoms with Gasteiger partial charge >= 0.3 is 12.1 Å². The molecule has 138 valence electrons. The topological polar surface area (TPSA) is 65.1 Å². The zero-order chi connectivity index (χ0) is 18.8. The van der Waals surface area contributed by atoms with Gasteiger partial charge in [-0.15, -0.1) is 0 Å². The first-order valence-electron chi connectivity index (χ1n) is 7.40. The van der Waals surface area contributed by atoms with Crippen LogP contribution in [0.1, 0.15) is 25.5 Å². The van der Waals surface area contributed by atoms with Gasteiger partial charge in [0.1, 0.15) is 18.4 Å². The second kappa shape index (κ2) is 7.58. The van der Waals surface area contributed by atoms with Crippen LogP contribution in [0.2, 0.25) is 0 Å². The van der Waals surface area contributed by atoms with E-state index in [1.807, 2.05) is 6.07 Å². The number of rotatable bonds is 3. The van der Waals surface area contributed by atoms with Crippen molar-refractivity contribution in [3.63, 3.8) is 0 Å². The number of carbonyl (C=O) groups is 2. The molecule has 1 aliphatic heterocycles. The van der Waals surface area contributed by atoms with Crippen LogP contribution in [0.3, 0.4) is 0 Å². The predicted molar refractivity (Wildman–Crippen MR) is 93.6 cm³/mol. The average Bonchev–Trinajstić information content (AvgIpc) is 2.83. The molecule has 2 atom stereocenters. The molecule has 1 amide bonds. The molecule has 1 heterocycles. The zero-order valence-electron chi connectivity index (χ0n) is 13.9. The van der Waals surface area contributed by atoms with Crippen molar-refractivity contribution < 1.29 is 23.8 Å². The fourth-order valence-electron chi connectivity index (χ4n) is 2.72. The van der Waals surface area contributed by atoms with Gasteiger partial charge in [0, 0.05) is 0 Å². The smallest absolute Gasteiger partial charge is 0.412 e. The molecule has 2 unspecified atom stereocenters. The van der Waals surface area contributed by atoms with E-state index in [0.29, 0.717) is 5.56 Å². The number of alkyl halides is 3. The largest absolute Gasteiger partial charge is 0.467 e. The highest BCUT2D eigenvalue weighted by Crippen LogP contribution is 2.42. The maximum atomic E-state index is 12.6. The van der Waals surface area contributed by atoms with Gasteiger partial charge < -0.3 is 14.2 Å². The minimum Gasteiger partial charge on any atom is -0.467 e. The Morgan fingerprint density at radius 2 is 1.84 bits per heavy atom. The number of nitrogens with zero attached hydrogens (tertiary/aromatic N) is 1. The molecule has 0 N–H and O–H groups in total. The third kappa shape index (κ3) is 4.70. The molecule has 0 saturated carbocycles. The second-order valence-corrected chi connectivity index (χ2v) is 8.42. The second-order valence-electron chi connectivity index (χ2n) is 5.90. The van der Waals surface area contributed by atoms with E-state index in [0.717, 1.165) is 0 Å². The summed E-state index contributed by atoms with van der Waals surface area (Å²) >= 11 is 16.9. The van der Waals surface area contributed by atoms with E-state index in [-0.39, 0.29) is 0 Å². The average molecular weight is 411 g/mol. The summed E-state index contributed by atoms with van der Waals surface area (Å²) in [5, 5.41) is 0. The van der Waals surface area contributed by atoms with Crippen molar-refractivity contribution in [1.82, 2.24) is 4.90 Å². The molecular formula is C16H18Cl3NO5. The van der Waals surface area contributed by atoms with Crippen LogP contribution in [0.4, 0.5) is 4.79 Å². The number of hydrogen-bond acceptors (Lipinski definition) is 5. The van der Waals surface area contributed by atoms with Gasteiger partial charge in [0.15, 0.2) is 6.10 Å². The Balaban J connectivity index is 2.38. The standard InChI is InChI=1S/C16H18Cl3NO5/c1-15(2)20(14(22)24-9-16(17,18)19)11(10-7-5-4-6-8-10)12(25-15)13(21)23-3/h4-8,11-12H,9H2,1-3H3. The molecule has 0 aromatic heterocycles. The van der Waals surface area contributed by atoms with Gasteiger partial charge in [-0.05, 0) is 19.4 Å². The lowest BCUT2D eigenvalue weighted by molar-refractivity contribution is -0.158. The number of carbonyl (C=O) groups excluding carboxylic acids is 2. The van der Waals surface area contributed by atoms with Crippen LogP contribution in [0, 0.1) is 0 Å². The van der Waals surface area contributed by atoms with Crippen LogP contribution < -0.4 is 0 Å².